The molecule has 1 heterocycles. The molecular formula is C13H21NS. The van der Waals surface area contributed by atoms with E-state index in [0.717, 1.165) is 11.8 Å². The minimum atomic E-state index is 0.270. The fourth-order valence-corrected chi connectivity index (χ4v) is 3.36. The molecule has 0 bridgehead atoms. The lowest BCUT2D eigenvalue weighted by Gasteiger charge is -2.35. The van der Waals surface area contributed by atoms with E-state index in [-0.39, 0.29) is 6.04 Å². The standard InChI is InChI=1S/C13H21NS/c1-9-3-4-11(7-10(9)2)13(14)12-5-6-15-8-12/h5-6,8-11,13H,3-4,7,14H2,1-2H3. The summed E-state index contributed by atoms with van der Waals surface area (Å²) in [5.41, 5.74) is 7.67. The lowest BCUT2D eigenvalue weighted by molar-refractivity contribution is 0.186. The predicted octanol–water partition coefficient (Wildman–Crippen LogP) is 3.82. The molecule has 4 atom stereocenters. The molecule has 2 rings (SSSR count). The van der Waals surface area contributed by atoms with Gasteiger partial charge in [-0.05, 0) is 53.0 Å². The number of rotatable bonds is 2. The molecule has 0 spiro atoms. The first-order valence-corrected chi connectivity index (χ1v) is 6.90. The number of hydrogen-bond acceptors (Lipinski definition) is 2. The van der Waals surface area contributed by atoms with Crippen LogP contribution in [0.25, 0.3) is 0 Å². The van der Waals surface area contributed by atoms with E-state index in [0.29, 0.717) is 5.92 Å². The van der Waals surface area contributed by atoms with E-state index in [1.54, 1.807) is 11.3 Å². The van der Waals surface area contributed by atoms with Crippen molar-refractivity contribution < 1.29 is 0 Å². The third kappa shape index (κ3) is 2.43. The molecule has 2 heteroatoms. The van der Waals surface area contributed by atoms with E-state index in [1.807, 2.05) is 0 Å². The number of hydrogen-bond donors (Lipinski definition) is 1. The van der Waals surface area contributed by atoms with Gasteiger partial charge in [0.15, 0.2) is 0 Å². The molecule has 0 radical (unpaired) electrons. The van der Waals surface area contributed by atoms with E-state index in [4.69, 9.17) is 5.73 Å². The lowest BCUT2D eigenvalue weighted by atomic mass is 9.72. The van der Waals surface area contributed by atoms with Crippen molar-refractivity contribution >= 4 is 11.3 Å². The Kier molecular flexibility index (Phi) is 3.47. The van der Waals surface area contributed by atoms with E-state index in [1.165, 1.54) is 24.8 Å². The highest BCUT2D eigenvalue weighted by molar-refractivity contribution is 7.07. The summed E-state index contributed by atoms with van der Waals surface area (Å²) in [6.45, 7) is 4.74. The van der Waals surface area contributed by atoms with E-state index in [9.17, 15) is 0 Å². The third-order valence-electron chi connectivity index (χ3n) is 4.07. The summed E-state index contributed by atoms with van der Waals surface area (Å²) in [5, 5.41) is 4.33. The van der Waals surface area contributed by atoms with Crippen molar-refractivity contribution in [3.8, 4) is 0 Å². The lowest BCUT2D eigenvalue weighted by Crippen LogP contribution is -2.29. The first kappa shape index (κ1) is 11.2. The molecule has 0 amide bonds. The van der Waals surface area contributed by atoms with Crippen LogP contribution in [0.4, 0.5) is 0 Å². The van der Waals surface area contributed by atoms with Crippen molar-refractivity contribution in [2.24, 2.45) is 23.5 Å². The van der Waals surface area contributed by atoms with Gasteiger partial charge in [-0.1, -0.05) is 20.3 Å². The fraction of sp³-hybridized carbons (Fsp3) is 0.692. The van der Waals surface area contributed by atoms with Gasteiger partial charge < -0.3 is 5.73 Å². The Labute approximate surface area is 96.7 Å². The molecule has 1 fully saturated rings. The van der Waals surface area contributed by atoms with Crippen LogP contribution in [0.1, 0.15) is 44.7 Å². The molecule has 0 aromatic carbocycles. The van der Waals surface area contributed by atoms with Gasteiger partial charge in [0, 0.05) is 6.04 Å². The maximum Gasteiger partial charge on any atom is 0.0331 e. The summed E-state index contributed by atoms with van der Waals surface area (Å²) in [6, 6.07) is 2.45. The van der Waals surface area contributed by atoms with Gasteiger partial charge in [0.05, 0.1) is 0 Å². The molecule has 4 unspecified atom stereocenters. The SMILES string of the molecule is CC1CCC(C(N)c2ccsc2)CC1C. The first-order valence-electron chi connectivity index (χ1n) is 5.96. The molecule has 84 valence electrons. The smallest absolute Gasteiger partial charge is 0.0331 e. The summed E-state index contributed by atoms with van der Waals surface area (Å²) >= 11 is 1.75. The summed E-state index contributed by atoms with van der Waals surface area (Å²) < 4.78 is 0. The molecule has 1 aromatic rings. The van der Waals surface area contributed by atoms with Crippen LogP contribution in [0.2, 0.25) is 0 Å². The Morgan fingerprint density at radius 2 is 2.13 bits per heavy atom. The predicted molar refractivity (Wildman–Crippen MR) is 66.9 cm³/mol. The van der Waals surface area contributed by atoms with Gasteiger partial charge >= 0.3 is 0 Å². The van der Waals surface area contributed by atoms with Gasteiger partial charge in [0.1, 0.15) is 0 Å². The maximum atomic E-state index is 6.33. The summed E-state index contributed by atoms with van der Waals surface area (Å²) in [5.74, 6) is 2.43. The van der Waals surface area contributed by atoms with Crippen LogP contribution >= 0.6 is 11.3 Å². The third-order valence-corrected chi connectivity index (χ3v) is 4.78. The Hall–Kier alpha value is -0.340. The van der Waals surface area contributed by atoms with Crippen LogP contribution in [-0.4, -0.2) is 0 Å². The van der Waals surface area contributed by atoms with Crippen molar-refractivity contribution in [3.63, 3.8) is 0 Å². The molecule has 0 saturated heterocycles. The van der Waals surface area contributed by atoms with Crippen LogP contribution in [0, 0.1) is 17.8 Å². The van der Waals surface area contributed by atoms with Crippen LogP contribution < -0.4 is 5.73 Å². The van der Waals surface area contributed by atoms with Gasteiger partial charge in [-0.2, -0.15) is 11.3 Å². The second kappa shape index (κ2) is 4.67. The van der Waals surface area contributed by atoms with Gasteiger partial charge in [0.25, 0.3) is 0 Å². The minimum Gasteiger partial charge on any atom is -0.324 e. The summed E-state index contributed by atoms with van der Waals surface area (Å²) in [4.78, 5) is 0. The maximum absolute atomic E-state index is 6.33. The van der Waals surface area contributed by atoms with Crippen LogP contribution in [-0.2, 0) is 0 Å². The molecule has 1 aliphatic carbocycles. The monoisotopic (exact) mass is 223 g/mol. The van der Waals surface area contributed by atoms with E-state index in [2.05, 4.69) is 30.7 Å². The first-order chi connectivity index (χ1) is 7.18. The van der Waals surface area contributed by atoms with Crippen molar-refractivity contribution in [3.05, 3.63) is 22.4 Å². The van der Waals surface area contributed by atoms with E-state index >= 15 is 0 Å². The van der Waals surface area contributed by atoms with Gasteiger partial charge in [-0.25, -0.2) is 0 Å². The van der Waals surface area contributed by atoms with Crippen molar-refractivity contribution in [2.45, 2.75) is 39.2 Å². The average Bonchev–Trinajstić information content (AvgIpc) is 2.74. The van der Waals surface area contributed by atoms with Crippen molar-refractivity contribution in [2.75, 3.05) is 0 Å². The number of nitrogens with two attached hydrogens (primary N) is 1. The summed E-state index contributed by atoms with van der Waals surface area (Å²) in [7, 11) is 0. The van der Waals surface area contributed by atoms with Crippen molar-refractivity contribution in [1.29, 1.82) is 0 Å². The zero-order valence-corrected chi connectivity index (χ0v) is 10.5. The highest BCUT2D eigenvalue weighted by Crippen LogP contribution is 2.39. The van der Waals surface area contributed by atoms with Crippen LogP contribution in [0.15, 0.2) is 16.8 Å². The molecule has 15 heavy (non-hydrogen) atoms. The van der Waals surface area contributed by atoms with Crippen LogP contribution in [0.5, 0.6) is 0 Å². The van der Waals surface area contributed by atoms with Gasteiger partial charge in [0.2, 0.25) is 0 Å². The highest BCUT2D eigenvalue weighted by Gasteiger charge is 2.29. The zero-order valence-electron chi connectivity index (χ0n) is 9.65. The molecule has 1 nitrogen and oxygen atoms in total. The van der Waals surface area contributed by atoms with Crippen LogP contribution in [0.3, 0.4) is 0 Å². The molecule has 1 aliphatic rings. The average molecular weight is 223 g/mol. The largest absolute Gasteiger partial charge is 0.324 e. The van der Waals surface area contributed by atoms with Gasteiger partial charge in [-0.15, -0.1) is 0 Å². The summed E-state index contributed by atoms with van der Waals surface area (Å²) in [6.07, 6.45) is 3.96. The topological polar surface area (TPSA) is 26.0 Å². The Balaban J connectivity index is 2.00. The minimum absolute atomic E-state index is 0.270. The van der Waals surface area contributed by atoms with Gasteiger partial charge in [-0.3, -0.25) is 0 Å². The Morgan fingerprint density at radius 1 is 1.33 bits per heavy atom. The number of thiophene rings is 1. The molecule has 0 aliphatic heterocycles. The quantitative estimate of drug-likeness (QED) is 0.810. The Morgan fingerprint density at radius 3 is 2.73 bits per heavy atom. The fourth-order valence-electron chi connectivity index (χ4n) is 2.65. The second-order valence-electron chi connectivity index (χ2n) is 5.11. The van der Waals surface area contributed by atoms with Crippen molar-refractivity contribution in [1.82, 2.24) is 0 Å². The Bertz CT molecular complexity index is 293. The molecule has 2 N–H and O–H groups in total. The normalized spacial score (nSPS) is 33.9. The molecule has 1 aromatic heterocycles. The molecular weight excluding hydrogens is 202 g/mol. The van der Waals surface area contributed by atoms with E-state index < -0.39 is 0 Å². The zero-order chi connectivity index (χ0) is 10.8. The highest BCUT2D eigenvalue weighted by atomic mass is 32.1. The molecule has 1 saturated carbocycles. The second-order valence-corrected chi connectivity index (χ2v) is 5.89.